The lowest BCUT2D eigenvalue weighted by Gasteiger charge is -2.22. The van der Waals surface area contributed by atoms with E-state index in [4.69, 9.17) is 19.9 Å². The summed E-state index contributed by atoms with van der Waals surface area (Å²) in [6.07, 6.45) is -0.0911. The SMILES string of the molecule is COCCOCCOC(c1ccc(C)cc1)C(C)N. The molecule has 0 amide bonds. The number of aryl methyl sites for hydroxylation is 1. The van der Waals surface area contributed by atoms with Gasteiger partial charge in [-0.05, 0) is 19.4 Å². The predicted octanol–water partition coefficient (Wildman–Crippen LogP) is 2.06. The van der Waals surface area contributed by atoms with Crippen molar-refractivity contribution in [3.8, 4) is 0 Å². The van der Waals surface area contributed by atoms with Gasteiger partial charge in [0, 0.05) is 13.2 Å². The highest BCUT2D eigenvalue weighted by atomic mass is 16.5. The van der Waals surface area contributed by atoms with Gasteiger partial charge in [-0.1, -0.05) is 29.8 Å². The molecule has 1 aromatic carbocycles. The second-order valence-electron chi connectivity index (χ2n) is 4.67. The van der Waals surface area contributed by atoms with E-state index in [0.717, 1.165) is 5.56 Å². The van der Waals surface area contributed by atoms with Crippen molar-refractivity contribution in [2.45, 2.75) is 26.0 Å². The van der Waals surface area contributed by atoms with E-state index in [1.54, 1.807) is 7.11 Å². The standard InChI is InChI=1S/C15H25NO3/c1-12-4-6-14(7-5-12)15(13(2)16)19-11-10-18-9-8-17-3/h4-7,13,15H,8-11,16H2,1-3H3. The molecule has 0 saturated heterocycles. The quantitative estimate of drug-likeness (QED) is 0.696. The van der Waals surface area contributed by atoms with Crippen LogP contribution in [-0.4, -0.2) is 39.6 Å². The smallest absolute Gasteiger partial charge is 0.0974 e. The zero-order valence-electron chi connectivity index (χ0n) is 12.1. The number of rotatable bonds is 9. The molecule has 1 aromatic rings. The second-order valence-corrected chi connectivity index (χ2v) is 4.67. The van der Waals surface area contributed by atoms with Crippen LogP contribution < -0.4 is 5.73 Å². The first-order valence-electron chi connectivity index (χ1n) is 6.65. The van der Waals surface area contributed by atoms with Gasteiger partial charge in [0.05, 0.1) is 32.5 Å². The maximum absolute atomic E-state index is 5.98. The third-order valence-electron chi connectivity index (χ3n) is 2.84. The number of hydrogen-bond donors (Lipinski definition) is 1. The zero-order chi connectivity index (χ0) is 14.1. The first-order chi connectivity index (χ1) is 9.15. The normalized spacial score (nSPS) is 14.3. The molecular weight excluding hydrogens is 242 g/mol. The summed E-state index contributed by atoms with van der Waals surface area (Å²) in [5.74, 6) is 0. The van der Waals surface area contributed by atoms with Crippen LogP contribution in [-0.2, 0) is 14.2 Å². The Hall–Kier alpha value is -0.940. The van der Waals surface area contributed by atoms with Crippen molar-refractivity contribution in [2.24, 2.45) is 5.73 Å². The van der Waals surface area contributed by atoms with Gasteiger partial charge in [-0.15, -0.1) is 0 Å². The fraction of sp³-hybridized carbons (Fsp3) is 0.600. The van der Waals surface area contributed by atoms with Crippen molar-refractivity contribution in [3.63, 3.8) is 0 Å². The van der Waals surface area contributed by atoms with E-state index in [-0.39, 0.29) is 12.1 Å². The Bertz CT molecular complexity index is 338. The molecule has 0 heterocycles. The van der Waals surface area contributed by atoms with E-state index in [9.17, 15) is 0 Å². The molecule has 0 spiro atoms. The molecule has 0 aliphatic carbocycles. The maximum atomic E-state index is 5.98. The molecule has 2 atom stereocenters. The molecule has 4 heteroatoms. The van der Waals surface area contributed by atoms with Gasteiger partial charge in [0.25, 0.3) is 0 Å². The molecule has 2 N–H and O–H groups in total. The molecule has 1 rings (SSSR count). The minimum atomic E-state index is -0.0911. The fourth-order valence-electron chi connectivity index (χ4n) is 1.79. The Morgan fingerprint density at radius 3 is 2.26 bits per heavy atom. The number of ether oxygens (including phenoxy) is 3. The van der Waals surface area contributed by atoms with Crippen LogP contribution in [0.2, 0.25) is 0 Å². The minimum Gasteiger partial charge on any atom is -0.382 e. The van der Waals surface area contributed by atoms with E-state index in [0.29, 0.717) is 26.4 Å². The Labute approximate surface area is 115 Å². The van der Waals surface area contributed by atoms with Crippen LogP contribution in [0.1, 0.15) is 24.2 Å². The summed E-state index contributed by atoms with van der Waals surface area (Å²) >= 11 is 0. The summed E-state index contributed by atoms with van der Waals surface area (Å²) in [5, 5.41) is 0. The molecule has 0 saturated carbocycles. The van der Waals surface area contributed by atoms with Crippen LogP contribution in [0.3, 0.4) is 0 Å². The number of methoxy groups -OCH3 is 1. The number of hydrogen-bond acceptors (Lipinski definition) is 4. The molecular formula is C15H25NO3. The third-order valence-corrected chi connectivity index (χ3v) is 2.84. The molecule has 0 aliphatic rings. The minimum absolute atomic E-state index is 0.0540. The van der Waals surface area contributed by atoms with Crippen molar-refractivity contribution >= 4 is 0 Å². The van der Waals surface area contributed by atoms with Gasteiger partial charge in [0.1, 0.15) is 0 Å². The van der Waals surface area contributed by atoms with Gasteiger partial charge in [0.15, 0.2) is 0 Å². The number of nitrogens with two attached hydrogens (primary N) is 1. The lowest BCUT2D eigenvalue weighted by atomic mass is 10.0. The van der Waals surface area contributed by atoms with Crippen molar-refractivity contribution in [1.29, 1.82) is 0 Å². The Morgan fingerprint density at radius 2 is 1.68 bits per heavy atom. The molecule has 108 valence electrons. The molecule has 4 nitrogen and oxygen atoms in total. The highest BCUT2D eigenvalue weighted by Gasteiger charge is 2.16. The van der Waals surface area contributed by atoms with Gasteiger partial charge in [-0.2, -0.15) is 0 Å². The first kappa shape index (κ1) is 16.1. The predicted molar refractivity (Wildman–Crippen MR) is 76.2 cm³/mol. The molecule has 19 heavy (non-hydrogen) atoms. The van der Waals surface area contributed by atoms with Gasteiger partial charge in [-0.3, -0.25) is 0 Å². The average molecular weight is 267 g/mol. The summed E-state index contributed by atoms with van der Waals surface area (Å²) in [6.45, 7) is 6.30. The lowest BCUT2D eigenvalue weighted by molar-refractivity contribution is -0.0141. The Morgan fingerprint density at radius 1 is 1.05 bits per heavy atom. The van der Waals surface area contributed by atoms with Crippen LogP contribution in [0.5, 0.6) is 0 Å². The Balaban J connectivity index is 2.39. The average Bonchev–Trinajstić information content (AvgIpc) is 2.39. The van der Waals surface area contributed by atoms with Crippen LogP contribution in [0.15, 0.2) is 24.3 Å². The van der Waals surface area contributed by atoms with E-state index >= 15 is 0 Å². The molecule has 2 unspecified atom stereocenters. The zero-order valence-corrected chi connectivity index (χ0v) is 12.1. The highest BCUT2D eigenvalue weighted by molar-refractivity contribution is 5.24. The summed E-state index contributed by atoms with van der Waals surface area (Å²) in [7, 11) is 1.66. The van der Waals surface area contributed by atoms with Gasteiger partial charge < -0.3 is 19.9 Å². The van der Waals surface area contributed by atoms with E-state index < -0.39 is 0 Å². The summed E-state index contributed by atoms with van der Waals surface area (Å²) in [5.41, 5.74) is 8.32. The van der Waals surface area contributed by atoms with Crippen molar-refractivity contribution in [1.82, 2.24) is 0 Å². The number of benzene rings is 1. The van der Waals surface area contributed by atoms with Crippen LogP contribution in [0, 0.1) is 6.92 Å². The van der Waals surface area contributed by atoms with Gasteiger partial charge in [-0.25, -0.2) is 0 Å². The molecule has 0 fully saturated rings. The van der Waals surface area contributed by atoms with Crippen molar-refractivity contribution < 1.29 is 14.2 Å². The summed E-state index contributed by atoms with van der Waals surface area (Å²) in [4.78, 5) is 0. The first-order valence-corrected chi connectivity index (χ1v) is 6.65. The lowest BCUT2D eigenvalue weighted by Crippen LogP contribution is -2.28. The van der Waals surface area contributed by atoms with Crippen molar-refractivity contribution in [3.05, 3.63) is 35.4 Å². The van der Waals surface area contributed by atoms with Crippen LogP contribution in [0.4, 0.5) is 0 Å². The Kier molecular flexibility index (Phi) is 7.67. The van der Waals surface area contributed by atoms with Gasteiger partial charge >= 0.3 is 0 Å². The summed E-state index contributed by atoms with van der Waals surface area (Å²) in [6, 6.07) is 8.22. The second kappa shape index (κ2) is 9.04. The van der Waals surface area contributed by atoms with E-state index in [1.807, 2.05) is 6.92 Å². The van der Waals surface area contributed by atoms with E-state index in [2.05, 4.69) is 31.2 Å². The highest BCUT2D eigenvalue weighted by Crippen LogP contribution is 2.20. The summed E-state index contributed by atoms with van der Waals surface area (Å²) < 4.78 is 16.1. The largest absolute Gasteiger partial charge is 0.382 e. The third kappa shape index (κ3) is 6.16. The van der Waals surface area contributed by atoms with Crippen LogP contribution >= 0.6 is 0 Å². The molecule has 0 aliphatic heterocycles. The molecule has 0 radical (unpaired) electrons. The monoisotopic (exact) mass is 267 g/mol. The van der Waals surface area contributed by atoms with E-state index in [1.165, 1.54) is 5.56 Å². The fourth-order valence-corrected chi connectivity index (χ4v) is 1.79. The topological polar surface area (TPSA) is 53.7 Å². The maximum Gasteiger partial charge on any atom is 0.0974 e. The van der Waals surface area contributed by atoms with Crippen molar-refractivity contribution in [2.75, 3.05) is 33.5 Å². The van der Waals surface area contributed by atoms with Crippen LogP contribution in [0.25, 0.3) is 0 Å². The van der Waals surface area contributed by atoms with Gasteiger partial charge in [0.2, 0.25) is 0 Å². The molecule has 0 bridgehead atoms. The molecule has 0 aromatic heterocycles.